The van der Waals surface area contributed by atoms with Gasteiger partial charge in [0.1, 0.15) is 4.90 Å². The molecule has 0 aliphatic carbocycles. The van der Waals surface area contributed by atoms with Gasteiger partial charge in [0.25, 0.3) is 0 Å². The van der Waals surface area contributed by atoms with E-state index in [1.165, 1.54) is 18.5 Å². The van der Waals surface area contributed by atoms with E-state index < -0.39 is 10.0 Å². The summed E-state index contributed by atoms with van der Waals surface area (Å²) in [5, 5.41) is 0.526. The van der Waals surface area contributed by atoms with Crippen molar-refractivity contribution < 1.29 is 8.42 Å². The Hall–Kier alpha value is -0.950. The van der Waals surface area contributed by atoms with Crippen LogP contribution in [0.4, 0.5) is 0 Å². The standard InChI is InChI=1S/C12H10BrClN2O2S/c13-10-5-11(8-15-7-10)19(17,18)16-6-9-3-1-2-4-12(9)14/h1-5,7-8,16H,6H2. The molecule has 0 saturated heterocycles. The third-order valence-electron chi connectivity index (χ3n) is 2.40. The summed E-state index contributed by atoms with van der Waals surface area (Å²) < 4.78 is 27.2. The molecule has 19 heavy (non-hydrogen) atoms. The van der Waals surface area contributed by atoms with Crippen LogP contribution in [0, 0.1) is 0 Å². The maximum Gasteiger partial charge on any atom is 0.242 e. The van der Waals surface area contributed by atoms with Gasteiger partial charge in [-0.05, 0) is 33.6 Å². The molecule has 0 bridgehead atoms. The molecule has 1 aromatic carbocycles. The Kier molecular flexibility index (Phi) is 4.57. The monoisotopic (exact) mass is 360 g/mol. The number of hydrogen-bond donors (Lipinski definition) is 1. The minimum atomic E-state index is -3.60. The van der Waals surface area contributed by atoms with Crippen molar-refractivity contribution in [3.05, 3.63) is 57.8 Å². The van der Waals surface area contributed by atoms with Crippen molar-refractivity contribution in [1.82, 2.24) is 9.71 Å². The first-order valence-electron chi connectivity index (χ1n) is 5.33. The SMILES string of the molecule is O=S(=O)(NCc1ccccc1Cl)c1cncc(Br)c1. The van der Waals surface area contributed by atoms with E-state index in [1.807, 2.05) is 0 Å². The van der Waals surface area contributed by atoms with Gasteiger partial charge >= 0.3 is 0 Å². The summed E-state index contributed by atoms with van der Waals surface area (Å²) >= 11 is 9.16. The van der Waals surface area contributed by atoms with Gasteiger partial charge in [0.15, 0.2) is 0 Å². The number of sulfonamides is 1. The van der Waals surface area contributed by atoms with Crippen molar-refractivity contribution in [2.45, 2.75) is 11.4 Å². The van der Waals surface area contributed by atoms with Crippen molar-refractivity contribution in [2.24, 2.45) is 0 Å². The Morgan fingerprint density at radius 1 is 1.26 bits per heavy atom. The van der Waals surface area contributed by atoms with E-state index in [-0.39, 0.29) is 11.4 Å². The molecule has 1 N–H and O–H groups in total. The molecule has 0 spiro atoms. The number of nitrogens with zero attached hydrogens (tertiary/aromatic N) is 1. The third kappa shape index (κ3) is 3.76. The van der Waals surface area contributed by atoms with Gasteiger partial charge < -0.3 is 0 Å². The van der Waals surface area contributed by atoms with Gasteiger partial charge in [-0.3, -0.25) is 4.98 Å². The molecule has 0 aliphatic rings. The van der Waals surface area contributed by atoms with Gasteiger partial charge in [-0.15, -0.1) is 0 Å². The maximum atomic E-state index is 12.1. The fraction of sp³-hybridized carbons (Fsp3) is 0.0833. The lowest BCUT2D eigenvalue weighted by atomic mass is 10.2. The maximum absolute atomic E-state index is 12.1. The Morgan fingerprint density at radius 2 is 2.00 bits per heavy atom. The number of pyridine rings is 1. The molecule has 2 aromatic rings. The quantitative estimate of drug-likeness (QED) is 0.911. The molecule has 1 aromatic heterocycles. The van der Waals surface area contributed by atoms with E-state index >= 15 is 0 Å². The minimum Gasteiger partial charge on any atom is -0.262 e. The van der Waals surface area contributed by atoms with E-state index in [9.17, 15) is 8.42 Å². The van der Waals surface area contributed by atoms with Crippen LogP contribution < -0.4 is 4.72 Å². The van der Waals surface area contributed by atoms with Crippen LogP contribution in [-0.2, 0) is 16.6 Å². The number of rotatable bonds is 4. The zero-order valence-electron chi connectivity index (χ0n) is 9.68. The van der Waals surface area contributed by atoms with Crippen molar-refractivity contribution in [1.29, 1.82) is 0 Å². The second kappa shape index (κ2) is 6.00. The van der Waals surface area contributed by atoms with Crippen LogP contribution in [0.1, 0.15) is 5.56 Å². The van der Waals surface area contributed by atoms with Crippen LogP contribution in [0.2, 0.25) is 5.02 Å². The molecule has 0 aliphatic heterocycles. The average Bonchev–Trinajstić information content (AvgIpc) is 2.38. The summed E-state index contributed by atoms with van der Waals surface area (Å²) in [6.07, 6.45) is 2.81. The highest BCUT2D eigenvalue weighted by molar-refractivity contribution is 9.10. The molecule has 100 valence electrons. The summed E-state index contributed by atoms with van der Waals surface area (Å²) in [6, 6.07) is 8.56. The van der Waals surface area contributed by atoms with Gasteiger partial charge in [-0.25, -0.2) is 13.1 Å². The van der Waals surface area contributed by atoms with E-state index in [4.69, 9.17) is 11.6 Å². The van der Waals surface area contributed by atoms with Crippen LogP contribution >= 0.6 is 27.5 Å². The predicted molar refractivity (Wildman–Crippen MR) is 77.4 cm³/mol. The summed E-state index contributed by atoms with van der Waals surface area (Å²) in [7, 11) is -3.60. The van der Waals surface area contributed by atoms with Crippen molar-refractivity contribution in [2.75, 3.05) is 0 Å². The Labute approximate surface area is 125 Å². The number of nitrogens with one attached hydrogen (secondary N) is 1. The van der Waals surface area contributed by atoms with Gasteiger partial charge in [0, 0.05) is 28.4 Å². The Bertz CT molecular complexity index is 692. The summed E-state index contributed by atoms with van der Waals surface area (Å²) in [5.74, 6) is 0. The van der Waals surface area contributed by atoms with Gasteiger partial charge in [0.2, 0.25) is 10.0 Å². The summed E-state index contributed by atoms with van der Waals surface area (Å²) in [5.41, 5.74) is 0.718. The number of halogens is 2. The minimum absolute atomic E-state index is 0.105. The lowest BCUT2D eigenvalue weighted by Gasteiger charge is -2.08. The highest BCUT2D eigenvalue weighted by Crippen LogP contribution is 2.17. The number of hydrogen-bond acceptors (Lipinski definition) is 3. The molecule has 0 saturated carbocycles. The predicted octanol–water partition coefficient (Wildman–Crippen LogP) is 2.98. The summed E-state index contributed by atoms with van der Waals surface area (Å²) in [6.45, 7) is 0.133. The molecule has 2 rings (SSSR count). The highest BCUT2D eigenvalue weighted by Gasteiger charge is 2.15. The zero-order chi connectivity index (χ0) is 13.9. The third-order valence-corrected chi connectivity index (χ3v) is 4.57. The molecule has 4 nitrogen and oxygen atoms in total. The molecule has 0 atom stereocenters. The molecule has 0 radical (unpaired) electrons. The van der Waals surface area contributed by atoms with Crippen LogP contribution in [0.3, 0.4) is 0 Å². The van der Waals surface area contributed by atoms with E-state index in [1.54, 1.807) is 24.3 Å². The van der Waals surface area contributed by atoms with Crippen molar-refractivity contribution >= 4 is 37.6 Å². The molecule has 7 heteroatoms. The fourth-order valence-corrected chi connectivity index (χ4v) is 3.15. The molecular weight excluding hydrogens is 352 g/mol. The normalized spacial score (nSPS) is 11.5. The molecule has 0 unspecified atom stereocenters. The van der Waals surface area contributed by atoms with Crippen molar-refractivity contribution in [3.8, 4) is 0 Å². The Morgan fingerprint density at radius 3 is 2.68 bits per heavy atom. The second-order valence-corrected chi connectivity index (χ2v) is 6.84. The summed E-state index contributed by atoms with van der Waals surface area (Å²) in [4.78, 5) is 3.94. The van der Waals surface area contributed by atoms with Crippen LogP contribution in [0.25, 0.3) is 0 Å². The first-order chi connectivity index (χ1) is 8.99. The fourth-order valence-electron chi connectivity index (χ4n) is 1.44. The largest absolute Gasteiger partial charge is 0.262 e. The smallest absolute Gasteiger partial charge is 0.242 e. The number of aromatic nitrogens is 1. The van der Waals surface area contributed by atoms with Crippen LogP contribution in [0.15, 0.2) is 52.1 Å². The van der Waals surface area contributed by atoms with E-state index in [0.29, 0.717) is 9.50 Å². The van der Waals surface area contributed by atoms with Gasteiger partial charge in [0.05, 0.1) is 0 Å². The Balaban J connectivity index is 2.17. The first-order valence-corrected chi connectivity index (χ1v) is 7.98. The molecule has 1 heterocycles. The lowest BCUT2D eigenvalue weighted by molar-refractivity contribution is 0.581. The average molecular weight is 362 g/mol. The van der Waals surface area contributed by atoms with Crippen molar-refractivity contribution in [3.63, 3.8) is 0 Å². The molecule has 0 amide bonds. The number of benzene rings is 1. The van der Waals surface area contributed by atoms with E-state index in [2.05, 4.69) is 25.6 Å². The molecular formula is C12H10BrClN2O2S. The first kappa shape index (κ1) is 14.5. The lowest BCUT2D eigenvalue weighted by Crippen LogP contribution is -2.23. The van der Waals surface area contributed by atoms with E-state index in [0.717, 1.165) is 5.56 Å². The van der Waals surface area contributed by atoms with Gasteiger partial charge in [-0.1, -0.05) is 29.8 Å². The second-order valence-electron chi connectivity index (χ2n) is 3.75. The van der Waals surface area contributed by atoms with Crippen LogP contribution in [-0.4, -0.2) is 13.4 Å². The van der Waals surface area contributed by atoms with Gasteiger partial charge in [-0.2, -0.15) is 0 Å². The zero-order valence-corrected chi connectivity index (χ0v) is 12.8. The highest BCUT2D eigenvalue weighted by atomic mass is 79.9. The topological polar surface area (TPSA) is 59.1 Å². The molecule has 0 fully saturated rings. The van der Waals surface area contributed by atoms with Crippen LogP contribution in [0.5, 0.6) is 0 Å².